The SMILES string of the molecule is C.C.CC1C2CC(C(O)CC(=O)OC(C)(C)C)C(C2)C1C. The number of hydrogen-bond acceptors (Lipinski definition) is 3. The van der Waals surface area contributed by atoms with Crippen molar-refractivity contribution >= 4 is 5.97 Å². The van der Waals surface area contributed by atoms with Gasteiger partial charge in [0.25, 0.3) is 0 Å². The molecule has 0 radical (unpaired) electrons. The molecule has 2 bridgehead atoms. The largest absolute Gasteiger partial charge is 0.460 e. The highest BCUT2D eigenvalue weighted by Gasteiger charge is 2.50. The number of rotatable bonds is 3. The Balaban J connectivity index is 0.00000200. The first-order chi connectivity index (χ1) is 8.69. The van der Waals surface area contributed by atoms with Crippen molar-refractivity contribution < 1.29 is 14.6 Å². The molecule has 3 nitrogen and oxygen atoms in total. The summed E-state index contributed by atoms with van der Waals surface area (Å²) in [7, 11) is 0. The molecule has 0 amide bonds. The summed E-state index contributed by atoms with van der Waals surface area (Å²) in [5, 5.41) is 10.3. The van der Waals surface area contributed by atoms with Gasteiger partial charge < -0.3 is 9.84 Å². The first-order valence-corrected chi connectivity index (χ1v) is 7.59. The maximum Gasteiger partial charge on any atom is 0.308 e. The Hall–Kier alpha value is -0.570. The standard InChI is InChI=1S/C16H28O3.2CH4/c1-9-10(2)12-6-11(9)7-13(12)14(17)8-15(18)19-16(3,4)5;;/h9-14,17H,6-8H2,1-5H3;2*1H4. The predicted octanol–water partition coefficient (Wildman–Crippen LogP) is 4.28. The maximum absolute atomic E-state index is 11.8. The molecule has 2 aliphatic carbocycles. The summed E-state index contributed by atoms with van der Waals surface area (Å²) >= 11 is 0. The second-order valence-corrected chi connectivity index (χ2v) is 7.64. The second-order valence-electron chi connectivity index (χ2n) is 7.64. The van der Waals surface area contributed by atoms with Crippen LogP contribution in [0, 0.1) is 29.6 Å². The third-order valence-electron chi connectivity index (χ3n) is 5.24. The molecule has 0 aromatic heterocycles. The normalized spacial score (nSPS) is 35.6. The Morgan fingerprint density at radius 1 is 1.19 bits per heavy atom. The molecule has 2 rings (SSSR count). The van der Waals surface area contributed by atoms with Crippen molar-refractivity contribution in [1.29, 1.82) is 0 Å². The van der Waals surface area contributed by atoms with Crippen molar-refractivity contribution in [2.24, 2.45) is 29.6 Å². The Morgan fingerprint density at radius 3 is 2.19 bits per heavy atom. The quantitative estimate of drug-likeness (QED) is 0.791. The van der Waals surface area contributed by atoms with Gasteiger partial charge in [-0.05, 0) is 63.2 Å². The maximum atomic E-state index is 11.8. The van der Waals surface area contributed by atoms with Gasteiger partial charge in [0.2, 0.25) is 0 Å². The molecule has 21 heavy (non-hydrogen) atoms. The van der Waals surface area contributed by atoms with Gasteiger partial charge in [0.15, 0.2) is 0 Å². The van der Waals surface area contributed by atoms with Crippen LogP contribution in [0.25, 0.3) is 0 Å². The van der Waals surface area contributed by atoms with E-state index >= 15 is 0 Å². The number of ether oxygens (including phenoxy) is 1. The minimum atomic E-state index is -0.528. The number of aliphatic hydroxyl groups is 1. The van der Waals surface area contributed by atoms with Crippen molar-refractivity contribution in [3.05, 3.63) is 0 Å². The third kappa shape index (κ3) is 4.45. The smallest absolute Gasteiger partial charge is 0.308 e. The van der Waals surface area contributed by atoms with Gasteiger partial charge in [0.05, 0.1) is 12.5 Å². The molecule has 2 aliphatic rings. The zero-order chi connectivity index (χ0) is 14.4. The fourth-order valence-corrected chi connectivity index (χ4v) is 4.15. The molecule has 2 fully saturated rings. The lowest BCUT2D eigenvalue weighted by atomic mass is 9.73. The number of fused-ring (bicyclic) bond motifs is 2. The van der Waals surface area contributed by atoms with Gasteiger partial charge in [-0.3, -0.25) is 4.79 Å². The van der Waals surface area contributed by atoms with Crippen molar-refractivity contribution in [3.63, 3.8) is 0 Å². The van der Waals surface area contributed by atoms with Gasteiger partial charge in [-0.1, -0.05) is 28.7 Å². The van der Waals surface area contributed by atoms with Gasteiger partial charge in [-0.2, -0.15) is 0 Å². The lowest BCUT2D eigenvalue weighted by Gasteiger charge is -2.34. The molecular formula is C18H36O3. The highest BCUT2D eigenvalue weighted by Crippen LogP contribution is 2.56. The van der Waals surface area contributed by atoms with Crippen LogP contribution in [0.4, 0.5) is 0 Å². The summed E-state index contributed by atoms with van der Waals surface area (Å²) in [5.41, 5.74) is -0.465. The molecule has 126 valence electrons. The third-order valence-corrected chi connectivity index (χ3v) is 5.24. The van der Waals surface area contributed by atoms with E-state index in [4.69, 9.17) is 4.74 Å². The Bertz CT molecular complexity index is 343. The molecule has 0 heterocycles. The first-order valence-electron chi connectivity index (χ1n) is 7.59. The molecule has 0 aromatic rings. The van der Waals surface area contributed by atoms with E-state index in [0.717, 1.165) is 18.3 Å². The number of carbonyl (C=O) groups is 1. The summed E-state index contributed by atoms with van der Waals surface area (Å²) in [6, 6.07) is 0. The van der Waals surface area contributed by atoms with Crippen molar-refractivity contribution in [2.75, 3.05) is 0 Å². The van der Waals surface area contributed by atoms with Crippen molar-refractivity contribution in [3.8, 4) is 0 Å². The van der Waals surface area contributed by atoms with Gasteiger partial charge in [-0.15, -0.1) is 0 Å². The zero-order valence-electron chi connectivity index (χ0n) is 12.8. The van der Waals surface area contributed by atoms with E-state index in [2.05, 4.69) is 13.8 Å². The molecule has 0 spiro atoms. The van der Waals surface area contributed by atoms with Crippen LogP contribution in [-0.4, -0.2) is 22.8 Å². The topological polar surface area (TPSA) is 46.5 Å². The first kappa shape index (κ1) is 20.4. The van der Waals surface area contributed by atoms with Crippen LogP contribution in [0.5, 0.6) is 0 Å². The molecule has 0 saturated heterocycles. The number of hydrogen-bond donors (Lipinski definition) is 1. The van der Waals surface area contributed by atoms with Crippen LogP contribution in [0.2, 0.25) is 0 Å². The van der Waals surface area contributed by atoms with Crippen molar-refractivity contribution in [2.45, 2.75) is 80.4 Å². The van der Waals surface area contributed by atoms with Crippen LogP contribution in [0.3, 0.4) is 0 Å². The Kier molecular flexibility index (Phi) is 6.93. The van der Waals surface area contributed by atoms with E-state index in [1.165, 1.54) is 6.42 Å². The average molecular weight is 300 g/mol. The fraction of sp³-hybridized carbons (Fsp3) is 0.944. The Morgan fingerprint density at radius 2 is 1.76 bits per heavy atom. The Labute approximate surface area is 131 Å². The molecule has 1 N–H and O–H groups in total. The number of carbonyl (C=O) groups excluding carboxylic acids is 1. The highest BCUT2D eigenvalue weighted by molar-refractivity contribution is 5.70. The molecule has 6 atom stereocenters. The molecule has 2 saturated carbocycles. The van der Waals surface area contributed by atoms with Crippen molar-refractivity contribution in [1.82, 2.24) is 0 Å². The lowest BCUT2D eigenvalue weighted by Crippen LogP contribution is -2.35. The lowest BCUT2D eigenvalue weighted by molar-refractivity contribution is -0.158. The fourth-order valence-electron chi connectivity index (χ4n) is 4.15. The summed E-state index contributed by atoms with van der Waals surface area (Å²) in [6.07, 6.45) is 1.94. The summed E-state index contributed by atoms with van der Waals surface area (Å²) in [5.74, 6) is 2.81. The van der Waals surface area contributed by atoms with Crippen LogP contribution in [-0.2, 0) is 9.53 Å². The number of esters is 1. The average Bonchev–Trinajstić information content (AvgIpc) is 2.77. The predicted molar refractivity (Wildman–Crippen MR) is 88.0 cm³/mol. The molecular weight excluding hydrogens is 264 g/mol. The van der Waals surface area contributed by atoms with E-state index in [-0.39, 0.29) is 27.2 Å². The van der Waals surface area contributed by atoms with Gasteiger partial charge in [-0.25, -0.2) is 0 Å². The molecule has 6 unspecified atom stereocenters. The van der Waals surface area contributed by atoms with Crippen LogP contribution >= 0.6 is 0 Å². The van der Waals surface area contributed by atoms with E-state index < -0.39 is 11.7 Å². The van der Waals surface area contributed by atoms with Crippen LogP contribution in [0.15, 0.2) is 0 Å². The van der Waals surface area contributed by atoms with Crippen LogP contribution < -0.4 is 0 Å². The monoisotopic (exact) mass is 300 g/mol. The van der Waals surface area contributed by atoms with Gasteiger partial charge in [0, 0.05) is 0 Å². The van der Waals surface area contributed by atoms with Gasteiger partial charge >= 0.3 is 5.97 Å². The highest BCUT2D eigenvalue weighted by atomic mass is 16.6. The van der Waals surface area contributed by atoms with E-state index in [1.807, 2.05) is 20.8 Å². The van der Waals surface area contributed by atoms with E-state index in [1.54, 1.807) is 0 Å². The summed E-state index contributed by atoms with van der Waals surface area (Å²) < 4.78 is 5.30. The van der Waals surface area contributed by atoms with E-state index in [0.29, 0.717) is 17.8 Å². The molecule has 0 aromatic carbocycles. The molecule has 0 aliphatic heterocycles. The van der Waals surface area contributed by atoms with E-state index in [9.17, 15) is 9.90 Å². The second kappa shape index (κ2) is 7.13. The minimum Gasteiger partial charge on any atom is -0.460 e. The van der Waals surface area contributed by atoms with Gasteiger partial charge in [0.1, 0.15) is 5.60 Å². The molecule has 3 heteroatoms. The zero-order valence-corrected chi connectivity index (χ0v) is 12.8. The summed E-state index contributed by atoms with van der Waals surface area (Å²) in [6.45, 7) is 10.2. The summed E-state index contributed by atoms with van der Waals surface area (Å²) in [4.78, 5) is 11.8. The van der Waals surface area contributed by atoms with Crippen LogP contribution in [0.1, 0.15) is 68.7 Å². The number of aliphatic hydroxyl groups excluding tert-OH is 1. The minimum absolute atomic E-state index is 0.